The molecule has 2 aliphatic rings. The van der Waals surface area contributed by atoms with Crippen molar-refractivity contribution < 1.29 is 28.6 Å². The maximum absolute atomic E-state index is 13.0. The number of ether oxygens (including phenoxy) is 2. The highest BCUT2D eigenvalue weighted by atomic mass is 16.7. The predicted octanol–water partition coefficient (Wildman–Crippen LogP) is 3.98. The molecular formula is C29H32N2O6. The van der Waals surface area contributed by atoms with Crippen LogP contribution < -0.4 is 5.32 Å². The highest BCUT2D eigenvalue weighted by Crippen LogP contribution is 2.36. The molecule has 0 spiro atoms. The molecule has 0 bridgehead atoms. The molecule has 194 valence electrons. The van der Waals surface area contributed by atoms with Crippen molar-refractivity contribution in [3.8, 4) is 0 Å². The highest BCUT2D eigenvalue weighted by molar-refractivity contribution is 5.92. The number of para-hydroxylation sites is 1. The van der Waals surface area contributed by atoms with Crippen LogP contribution in [0.5, 0.6) is 0 Å². The molecule has 37 heavy (non-hydrogen) atoms. The van der Waals surface area contributed by atoms with Gasteiger partial charge in [0.2, 0.25) is 12.2 Å². The second-order valence-corrected chi connectivity index (χ2v) is 9.49. The minimum Gasteiger partial charge on any atom is -0.464 e. The highest BCUT2D eigenvalue weighted by Gasteiger charge is 2.30. The summed E-state index contributed by atoms with van der Waals surface area (Å²) in [7, 11) is 0. The van der Waals surface area contributed by atoms with Crippen molar-refractivity contribution in [2.45, 2.75) is 51.1 Å². The van der Waals surface area contributed by atoms with Crippen molar-refractivity contribution in [2.75, 3.05) is 19.6 Å². The van der Waals surface area contributed by atoms with Gasteiger partial charge < -0.3 is 29.2 Å². The van der Waals surface area contributed by atoms with Gasteiger partial charge in [-0.05, 0) is 36.1 Å². The molecule has 3 heterocycles. The Balaban J connectivity index is 1.26. The van der Waals surface area contributed by atoms with E-state index < -0.39 is 6.29 Å². The largest absolute Gasteiger partial charge is 0.464 e. The van der Waals surface area contributed by atoms with Gasteiger partial charge in [0.1, 0.15) is 5.58 Å². The Kier molecular flexibility index (Phi) is 7.87. The summed E-state index contributed by atoms with van der Waals surface area (Å²) in [5.41, 5.74) is 3.56. The van der Waals surface area contributed by atoms with Crippen LogP contribution in [0.3, 0.4) is 0 Å². The fraction of sp³-hybridized carbons (Fsp3) is 0.379. The van der Waals surface area contributed by atoms with E-state index in [1.165, 1.54) is 0 Å². The lowest BCUT2D eigenvalue weighted by molar-refractivity contribution is -0.150. The monoisotopic (exact) mass is 504 g/mol. The summed E-state index contributed by atoms with van der Waals surface area (Å²) in [6, 6.07) is 15.4. The van der Waals surface area contributed by atoms with Crippen LogP contribution in [0.25, 0.3) is 11.0 Å². The maximum Gasteiger partial charge on any atom is 0.286 e. The van der Waals surface area contributed by atoms with Crippen LogP contribution in [0.2, 0.25) is 0 Å². The molecule has 2 N–H and O–H groups in total. The van der Waals surface area contributed by atoms with E-state index in [0.717, 1.165) is 40.6 Å². The number of rotatable bonds is 10. The van der Waals surface area contributed by atoms with Crippen LogP contribution in [-0.4, -0.2) is 47.7 Å². The number of hydrogen-bond acceptors (Lipinski definition) is 6. The minimum absolute atomic E-state index is 0.00911. The number of carbonyl (C=O) groups is 2. The molecule has 5 rings (SSSR count). The minimum atomic E-state index is -0.621. The smallest absolute Gasteiger partial charge is 0.286 e. The SMILES string of the molecule is O=C(NCCCN1CCCC1=O)C1=C[C@@H](c2coc3ccccc23)C[C@@H](OCc2ccc(CO)cc2)O1. The molecule has 2 aliphatic heterocycles. The average Bonchev–Trinajstić information content (AvgIpc) is 3.56. The van der Waals surface area contributed by atoms with Crippen LogP contribution in [0.4, 0.5) is 0 Å². The van der Waals surface area contributed by atoms with Crippen molar-refractivity contribution in [3.05, 3.63) is 83.3 Å². The summed E-state index contributed by atoms with van der Waals surface area (Å²) >= 11 is 0. The van der Waals surface area contributed by atoms with E-state index in [1.807, 2.05) is 59.5 Å². The number of nitrogens with one attached hydrogen (secondary N) is 1. The standard InChI is InChI=1S/C29H32N2O6/c32-17-20-8-10-21(11-9-20)18-36-28-16-22(24-19-35-25-6-2-1-5-23(24)25)15-26(37-28)29(34)30-12-4-14-31-13-3-7-27(31)33/h1-2,5-6,8-11,15,19,22,28,32H,3-4,7,12-14,16-18H2,(H,30,34)/t22-,28+/m1/s1. The molecule has 8 heteroatoms. The van der Waals surface area contributed by atoms with Gasteiger partial charge in [-0.15, -0.1) is 0 Å². The molecule has 1 aromatic heterocycles. The normalized spacial score (nSPS) is 19.6. The van der Waals surface area contributed by atoms with Gasteiger partial charge >= 0.3 is 0 Å². The zero-order valence-corrected chi connectivity index (χ0v) is 20.7. The number of furan rings is 1. The molecule has 1 saturated heterocycles. The Morgan fingerprint density at radius 1 is 1.14 bits per heavy atom. The Labute approximate surface area is 215 Å². The first-order valence-electron chi connectivity index (χ1n) is 12.8. The number of aliphatic hydroxyl groups is 1. The van der Waals surface area contributed by atoms with E-state index in [1.54, 1.807) is 6.26 Å². The lowest BCUT2D eigenvalue weighted by Crippen LogP contribution is -2.34. The number of amides is 2. The molecule has 0 saturated carbocycles. The molecule has 8 nitrogen and oxygen atoms in total. The van der Waals surface area contributed by atoms with Crippen LogP contribution in [0.1, 0.15) is 48.3 Å². The van der Waals surface area contributed by atoms with Crippen LogP contribution in [0.15, 0.2) is 71.0 Å². The van der Waals surface area contributed by atoms with Gasteiger partial charge in [0.25, 0.3) is 5.91 Å². The number of fused-ring (bicyclic) bond motifs is 1. The van der Waals surface area contributed by atoms with E-state index in [9.17, 15) is 14.7 Å². The van der Waals surface area contributed by atoms with Crippen LogP contribution in [0, 0.1) is 0 Å². The summed E-state index contributed by atoms with van der Waals surface area (Å²) in [5.74, 6) is -0.0153. The Hall–Kier alpha value is -3.62. The van der Waals surface area contributed by atoms with E-state index in [4.69, 9.17) is 13.9 Å². The maximum atomic E-state index is 13.0. The van der Waals surface area contributed by atoms with Gasteiger partial charge in [0.05, 0.1) is 19.5 Å². The summed E-state index contributed by atoms with van der Waals surface area (Å²) in [6.07, 6.45) is 5.70. The molecule has 2 amide bonds. The fourth-order valence-corrected chi connectivity index (χ4v) is 4.85. The number of likely N-dealkylation sites (tertiary alicyclic amines) is 1. The molecule has 2 aromatic carbocycles. The van der Waals surface area contributed by atoms with Crippen molar-refractivity contribution >= 4 is 22.8 Å². The average molecular weight is 505 g/mol. The summed E-state index contributed by atoms with van der Waals surface area (Å²) < 4.78 is 17.8. The molecule has 0 aliphatic carbocycles. The zero-order chi connectivity index (χ0) is 25.6. The van der Waals surface area contributed by atoms with Crippen molar-refractivity contribution in [1.29, 1.82) is 0 Å². The van der Waals surface area contributed by atoms with Gasteiger partial charge in [-0.3, -0.25) is 9.59 Å². The van der Waals surface area contributed by atoms with E-state index in [-0.39, 0.29) is 30.1 Å². The van der Waals surface area contributed by atoms with Gasteiger partial charge in [-0.1, -0.05) is 42.5 Å². The predicted molar refractivity (Wildman–Crippen MR) is 137 cm³/mol. The molecule has 3 aromatic rings. The number of benzene rings is 2. The van der Waals surface area contributed by atoms with Gasteiger partial charge in [0, 0.05) is 49.3 Å². The second kappa shape index (κ2) is 11.6. The van der Waals surface area contributed by atoms with E-state index in [0.29, 0.717) is 39.0 Å². The number of aliphatic hydroxyl groups excluding tert-OH is 1. The summed E-state index contributed by atoms with van der Waals surface area (Å²) in [6.45, 7) is 2.19. The molecule has 0 unspecified atom stereocenters. The number of nitrogens with zero attached hydrogens (tertiary/aromatic N) is 1. The van der Waals surface area contributed by atoms with Gasteiger partial charge in [-0.25, -0.2) is 0 Å². The first-order valence-corrected chi connectivity index (χ1v) is 12.8. The Morgan fingerprint density at radius 3 is 2.73 bits per heavy atom. The van der Waals surface area contributed by atoms with Crippen molar-refractivity contribution in [1.82, 2.24) is 10.2 Å². The summed E-state index contributed by atoms with van der Waals surface area (Å²) in [4.78, 5) is 26.7. The first kappa shape index (κ1) is 25.0. The third kappa shape index (κ3) is 6.03. The lowest BCUT2D eigenvalue weighted by atomic mass is 9.92. The topological polar surface area (TPSA) is 101 Å². The number of allylic oxidation sites excluding steroid dienone is 1. The number of carbonyl (C=O) groups excluding carboxylic acids is 2. The van der Waals surface area contributed by atoms with Crippen LogP contribution >= 0.6 is 0 Å². The number of hydrogen-bond donors (Lipinski definition) is 2. The quantitative estimate of drug-likeness (QED) is 0.405. The Morgan fingerprint density at radius 2 is 1.95 bits per heavy atom. The zero-order valence-electron chi connectivity index (χ0n) is 20.7. The third-order valence-electron chi connectivity index (χ3n) is 6.89. The molecule has 0 radical (unpaired) electrons. The van der Waals surface area contributed by atoms with Crippen molar-refractivity contribution in [3.63, 3.8) is 0 Å². The molecular weight excluding hydrogens is 472 g/mol. The first-order chi connectivity index (χ1) is 18.1. The Bertz CT molecular complexity index is 1260. The third-order valence-corrected chi connectivity index (χ3v) is 6.89. The van der Waals surface area contributed by atoms with Crippen LogP contribution in [-0.2, 0) is 32.3 Å². The second-order valence-electron chi connectivity index (χ2n) is 9.49. The summed E-state index contributed by atoms with van der Waals surface area (Å²) in [5, 5.41) is 13.2. The van der Waals surface area contributed by atoms with Gasteiger partial charge in [-0.2, -0.15) is 0 Å². The molecule has 2 atom stereocenters. The van der Waals surface area contributed by atoms with E-state index in [2.05, 4.69) is 5.32 Å². The van der Waals surface area contributed by atoms with Gasteiger partial charge in [0.15, 0.2) is 5.76 Å². The molecule has 1 fully saturated rings. The van der Waals surface area contributed by atoms with E-state index >= 15 is 0 Å². The fourth-order valence-electron chi connectivity index (χ4n) is 4.85. The van der Waals surface area contributed by atoms with Crippen molar-refractivity contribution in [2.24, 2.45) is 0 Å². The lowest BCUT2D eigenvalue weighted by Gasteiger charge is -2.29.